The van der Waals surface area contributed by atoms with Gasteiger partial charge in [0.15, 0.2) is 0 Å². The van der Waals surface area contributed by atoms with Crippen molar-refractivity contribution < 1.29 is 21.1 Å². The third-order valence-electron chi connectivity index (χ3n) is 1.80. The Morgan fingerprint density at radius 2 is 1.60 bits per heavy atom. The molecule has 1 fully saturated rings. The molecule has 1 aliphatic heterocycles. The van der Waals surface area contributed by atoms with Crippen LogP contribution in [0.15, 0.2) is 0 Å². The molecule has 1 saturated heterocycles. The lowest BCUT2D eigenvalue weighted by molar-refractivity contribution is -0.172. The largest absolute Gasteiger partial charge is 0.929 e. The van der Waals surface area contributed by atoms with E-state index in [4.69, 9.17) is 11.5 Å². The fraction of sp³-hybridized carbons (Fsp3) is 0.750. The number of imide groups is 1. The minimum absolute atomic E-state index is 0.207. The zero-order valence-corrected chi connectivity index (χ0v) is 10.0. The van der Waals surface area contributed by atoms with Gasteiger partial charge in [-0.1, -0.05) is 0 Å². The molecule has 0 radical (unpaired) electrons. The normalized spacial score (nSPS) is 16.3. The molecule has 0 aromatic carbocycles. The summed E-state index contributed by atoms with van der Waals surface area (Å²) in [5.41, 5.74) is 0. The number of hydrogen-bond acceptors (Lipinski definition) is 5. The van der Waals surface area contributed by atoms with Crippen LogP contribution >= 0.6 is 0 Å². The highest BCUT2D eigenvalue weighted by molar-refractivity contribution is 6.36. The van der Waals surface area contributed by atoms with Gasteiger partial charge in [-0.25, -0.2) is 0 Å². The van der Waals surface area contributed by atoms with Gasteiger partial charge < -0.3 is 11.5 Å². The van der Waals surface area contributed by atoms with Crippen molar-refractivity contribution in [3.8, 4) is 0 Å². The minimum atomic E-state index is -2.38. The van der Waals surface area contributed by atoms with E-state index in [0.717, 1.165) is 5.06 Å². The molecule has 0 unspecified atom stereocenters. The smallest absolute Gasteiger partial charge is 0.454 e. The highest BCUT2D eigenvalue weighted by Gasteiger charge is 2.40. The van der Waals surface area contributed by atoms with E-state index in [1.165, 1.54) is 0 Å². The zero-order valence-electron chi connectivity index (χ0n) is 8.89. The van der Waals surface area contributed by atoms with Crippen molar-refractivity contribution in [2.45, 2.75) is 26.7 Å². The molecule has 1 rings (SSSR count). The van der Waals surface area contributed by atoms with Crippen molar-refractivity contribution in [3.05, 3.63) is 0 Å². The summed E-state index contributed by atoms with van der Waals surface area (Å²) in [6.45, 7) is 4.48. The molecular formula is C8H14AlNO5. The number of nitrogens with zero attached hydrogens (tertiary/aromatic N) is 1. The number of carbonyl (C=O) groups is 2. The minimum Gasteiger partial charge on any atom is -0.454 e. The fourth-order valence-corrected chi connectivity index (χ4v) is 2.31. The van der Waals surface area contributed by atoms with Crippen molar-refractivity contribution in [3.63, 3.8) is 0 Å². The van der Waals surface area contributed by atoms with Crippen LogP contribution in [0.3, 0.4) is 0 Å². The summed E-state index contributed by atoms with van der Waals surface area (Å²) in [6.07, 6.45) is 0.413. The second-order valence-corrected chi connectivity index (χ2v) is 4.34. The Morgan fingerprint density at radius 1 is 1.13 bits per heavy atom. The average molecular weight is 231 g/mol. The monoisotopic (exact) mass is 231 g/mol. The van der Waals surface area contributed by atoms with Crippen LogP contribution in [0.25, 0.3) is 0 Å². The number of amides is 2. The van der Waals surface area contributed by atoms with E-state index in [-0.39, 0.29) is 24.7 Å². The summed E-state index contributed by atoms with van der Waals surface area (Å²) in [7, 11) is 0. The van der Waals surface area contributed by atoms with Crippen molar-refractivity contribution >= 4 is 27.0 Å². The highest BCUT2D eigenvalue weighted by Crippen LogP contribution is 2.13. The predicted octanol–water partition coefficient (Wildman–Crippen LogP) is 0.125. The molecular weight excluding hydrogens is 217 g/mol. The molecule has 6 nitrogen and oxygen atoms in total. The molecule has 7 heteroatoms. The third kappa shape index (κ3) is 3.56. The molecule has 0 aromatic heterocycles. The average Bonchev–Trinajstić information content (AvgIpc) is 2.50. The summed E-state index contributed by atoms with van der Waals surface area (Å²) >= 11 is -2.38. The van der Waals surface area contributed by atoms with Gasteiger partial charge in [-0.3, -0.25) is 9.59 Å². The Morgan fingerprint density at radius 3 is 2.00 bits per heavy atom. The standard InChI is InChI=1S/C4H4NO3.2C2H5O.Al/c6-3-1-2-4(7)5(3)8;2*1-2-3;/h1-2H2;2*2H2,1H3;/q3*-1;+3. The van der Waals surface area contributed by atoms with Gasteiger partial charge in [0.2, 0.25) is 0 Å². The first-order valence-corrected chi connectivity index (χ1v) is 6.36. The Labute approximate surface area is 93.4 Å². The van der Waals surface area contributed by atoms with Crippen LogP contribution in [0, 0.1) is 0 Å². The van der Waals surface area contributed by atoms with E-state index in [1.54, 1.807) is 13.8 Å². The second-order valence-electron chi connectivity index (χ2n) is 2.89. The molecule has 1 aliphatic rings. The van der Waals surface area contributed by atoms with Gasteiger partial charge in [0, 0.05) is 26.1 Å². The molecule has 0 spiro atoms. The first kappa shape index (κ1) is 12.6. The quantitative estimate of drug-likeness (QED) is 0.480. The van der Waals surface area contributed by atoms with Crippen LogP contribution in [0.1, 0.15) is 26.7 Å². The maximum absolute atomic E-state index is 11.2. The Hall–Kier alpha value is -0.448. The first-order valence-electron chi connectivity index (χ1n) is 4.94. The fourth-order valence-electron chi connectivity index (χ4n) is 1.14. The van der Waals surface area contributed by atoms with E-state index in [1.807, 2.05) is 0 Å². The van der Waals surface area contributed by atoms with E-state index in [2.05, 4.69) is 0 Å². The van der Waals surface area contributed by atoms with Gasteiger partial charge in [-0.05, 0) is 13.8 Å². The lowest BCUT2D eigenvalue weighted by Gasteiger charge is -2.17. The van der Waals surface area contributed by atoms with Crippen molar-refractivity contribution in [1.29, 1.82) is 0 Å². The Balaban J connectivity index is 2.48. The molecule has 0 aromatic rings. The summed E-state index contributed by atoms with van der Waals surface area (Å²) in [5, 5.41) is 0.780. The highest BCUT2D eigenvalue weighted by atomic mass is 27.3. The number of rotatable bonds is 6. The first-order chi connectivity index (χ1) is 7.19. The molecule has 0 saturated carbocycles. The number of hydroxylamine groups is 2. The maximum atomic E-state index is 11.2. The van der Waals surface area contributed by atoms with Crippen molar-refractivity contribution in [1.82, 2.24) is 5.06 Å². The molecule has 0 aliphatic carbocycles. The van der Waals surface area contributed by atoms with Gasteiger partial charge in [0.25, 0.3) is 11.8 Å². The molecule has 0 N–H and O–H groups in total. The summed E-state index contributed by atoms with van der Waals surface area (Å²) in [4.78, 5) is 22.4. The summed E-state index contributed by atoms with van der Waals surface area (Å²) in [6, 6.07) is 0. The van der Waals surface area contributed by atoms with Crippen LogP contribution in [0.2, 0.25) is 0 Å². The topological polar surface area (TPSA) is 65.1 Å². The zero-order chi connectivity index (χ0) is 11.3. The molecule has 1 heterocycles. The molecule has 0 bridgehead atoms. The SMILES string of the molecule is CC[O][Al]([O]CC)[O]N1C(=O)CCC1=O. The van der Waals surface area contributed by atoms with Gasteiger partial charge in [0.1, 0.15) is 0 Å². The van der Waals surface area contributed by atoms with Crippen LogP contribution in [-0.4, -0.2) is 45.2 Å². The summed E-state index contributed by atoms with van der Waals surface area (Å²) < 4.78 is 15.5. The van der Waals surface area contributed by atoms with E-state index >= 15 is 0 Å². The lowest BCUT2D eigenvalue weighted by atomic mass is 10.4. The number of carbonyl (C=O) groups excluding carboxylic acids is 2. The lowest BCUT2D eigenvalue weighted by Crippen LogP contribution is -2.39. The predicted molar refractivity (Wildman–Crippen MR) is 51.2 cm³/mol. The van der Waals surface area contributed by atoms with E-state index < -0.39 is 15.1 Å². The van der Waals surface area contributed by atoms with Crippen LogP contribution in [-0.2, 0) is 21.1 Å². The number of hydrogen-bond donors (Lipinski definition) is 0. The van der Waals surface area contributed by atoms with Gasteiger partial charge >= 0.3 is 15.1 Å². The second kappa shape index (κ2) is 6.20. The third-order valence-corrected chi connectivity index (χ3v) is 3.40. The Kier molecular flexibility index (Phi) is 5.22. The molecule has 15 heavy (non-hydrogen) atoms. The van der Waals surface area contributed by atoms with Gasteiger partial charge in [-0.15, -0.1) is 0 Å². The van der Waals surface area contributed by atoms with E-state index in [9.17, 15) is 9.59 Å². The van der Waals surface area contributed by atoms with Crippen LogP contribution in [0.4, 0.5) is 0 Å². The molecule has 2 amide bonds. The van der Waals surface area contributed by atoms with Crippen molar-refractivity contribution in [2.75, 3.05) is 13.2 Å². The molecule has 0 atom stereocenters. The summed E-state index contributed by atoms with van der Waals surface area (Å²) in [5.74, 6) is -0.645. The van der Waals surface area contributed by atoms with Gasteiger partial charge in [0.05, 0.1) is 0 Å². The molecule has 84 valence electrons. The van der Waals surface area contributed by atoms with E-state index in [0.29, 0.717) is 13.2 Å². The van der Waals surface area contributed by atoms with Crippen LogP contribution < -0.4 is 0 Å². The van der Waals surface area contributed by atoms with Crippen LogP contribution in [0.5, 0.6) is 0 Å². The van der Waals surface area contributed by atoms with Gasteiger partial charge in [-0.2, -0.15) is 5.06 Å². The Bertz CT molecular complexity index is 225. The van der Waals surface area contributed by atoms with Crippen molar-refractivity contribution in [2.24, 2.45) is 0 Å². The maximum Gasteiger partial charge on any atom is 0.929 e.